The lowest BCUT2D eigenvalue weighted by molar-refractivity contribution is 1.02. The molecule has 0 amide bonds. The Morgan fingerprint density at radius 2 is 1.33 bits per heavy atom. The van der Waals surface area contributed by atoms with Crippen LogP contribution in [0.3, 0.4) is 0 Å². The topological polar surface area (TPSA) is 25.8 Å². The molecule has 3 rings (SSSR count). The zero-order valence-corrected chi connectivity index (χ0v) is 11.2. The second-order valence-corrected chi connectivity index (χ2v) is 5.54. The molecule has 2 nitrogen and oxygen atoms in total. The van der Waals surface area contributed by atoms with Gasteiger partial charge in [-0.25, -0.2) is 0 Å². The molecule has 0 fully saturated rings. The highest BCUT2D eigenvalue weighted by Gasteiger charge is 2.04. The Morgan fingerprint density at radius 1 is 0.722 bits per heavy atom. The van der Waals surface area contributed by atoms with Crippen molar-refractivity contribution < 1.29 is 0 Å². The lowest BCUT2D eigenvalue weighted by Gasteiger charge is -2.02. The first-order chi connectivity index (χ1) is 8.83. The maximum atomic E-state index is 4.18. The monoisotopic (exact) mass is 270 g/mol. The molecule has 2 aromatic carbocycles. The number of benzene rings is 2. The predicted octanol–water partition coefficient (Wildman–Crippen LogP) is 4.16. The number of thiol groups is 1. The van der Waals surface area contributed by atoms with Crippen LogP contribution in [0.5, 0.6) is 0 Å². The number of hydrogen-bond donors (Lipinski definition) is 1. The molecule has 3 aromatic rings. The molecule has 1 aromatic heterocycles. The van der Waals surface area contributed by atoms with Crippen LogP contribution in [0.25, 0.3) is 21.7 Å². The van der Waals surface area contributed by atoms with Gasteiger partial charge in [-0.1, -0.05) is 65.9 Å². The van der Waals surface area contributed by atoms with Gasteiger partial charge in [0, 0.05) is 5.56 Å². The summed E-state index contributed by atoms with van der Waals surface area (Å²) in [5.74, 6) is 0. The van der Waals surface area contributed by atoms with Crippen LogP contribution in [-0.2, 0) is 0 Å². The third kappa shape index (κ3) is 2.30. The maximum Gasteiger partial charge on any atom is 0.171 e. The van der Waals surface area contributed by atoms with E-state index < -0.39 is 0 Å². The van der Waals surface area contributed by atoms with E-state index in [0.717, 1.165) is 10.6 Å². The third-order valence-corrected chi connectivity index (χ3v) is 3.79. The molecule has 1 heterocycles. The summed E-state index contributed by atoms with van der Waals surface area (Å²) in [6, 6.07) is 18.6. The van der Waals surface area contributed by atoms with Gasteiger partial charge >= 0.3 is 0 Å². The first kappa shape index (κ1) is 11.4. The molecule has 4 heteroatoms. The Balaban J connectivity index is 1.94. The summed E-state index contributed by atoms with van der Waals surface area (Å²) in [5.41, 5.74) is 3.50. The molecule has 0 radical (unpaired) electrons. The molecule has 0 saturated carbocycles. The quantitative estimate of drug-likeness (QED) is 0.707. The first-order valence-electron chi connectivity index (χ1n) is 5.51. The Hall–Kier alpha value is -1.65. The van der Waals surface area contributed by atoms with Crippen molar-refractivity contribution in [3.05, 3.63) is 54.6 Å². The van der Waals surface area contributed by atoms with Crippen LogP contribution >= 0.6 is 24.0 Å². The molecule has 0 aliphatic carbocycles. The Labute approximate surface area is 115 Å². The van der Waals surface area contributed by atoms with E-state index >= 15 is 0 Å². The molecule has 0 atom stereocenters. The number of aromatic nitrogens is 2. The Bertz CT molecular complexity index is 645. The Kier molecular flexibility index (Phi) is 3.13. The molecule has 0 saturated heterocycles. The molecular formula is C14H10N2S2. The van der Waals surface area contributed by atoms with E-state index in [4.69, 9.17) is 0 Å². The van der Waals surface area contributed by atoms with E-state index in [1.165, 1.54) is 22.5 Å². The number of rotatable bonds is 2. The van der Waals surface area contributed by atoms with Crippen LogP contribution in [-0.4, -0.2) is 10.2 Å². The van der Waals surface area contributed by atoms with E-state index in [1.54, 1.807) is 0 Å². The Morgan fingerprint density at radius 3 is 1.94 bits per heavy atom. The van der Waals surface area contributed by atoms with E-state index in [2.05, 4.69) is 59.2 Å². The van der Waals surface area contributed by atoms with Crippen LogP contribution < -0.4 is 0 Å². The predicted molar refractivity (Wildman–Crippen MR) is 78.0 cm³/mol. The molecule has 0 unspecified atom stereocenters. The second-order valence-electron chi connectivity index (χ2n) is 3.83. The minimum Gasteiger partial charge on any atom is -0.137 e. The van der Waals surface area contributed by atoms with Crippen LogP contribution in [0.2, 0.25) is 0 Å². The summed E-state index contributed by atoms with van der Waals surface area (Å²) in [5, 5.41) is 8.89. The molecule has 0 spiro atoms. The zero-order chi connectivity index (χ0) is 12.4. The summed E-state index contributed by atoms with van der Waals surface area (Å²) in [4.78, 5) is 0. The van der Waals surface area contributed by atoms with E-state index in [0.29, 0.717) is 4.34 Å². The number of hydrogen-bond acceptors (Lipinski definition) is 4. The van der Waals surface area contributed by atoms with Gasteiger partial charge in [0.2, 0.25) is 0 Å². The van der Waals surface area contributed by atoms with Gasteiger partial charge in [-0.05, 0) is 11.1 Å². The van der Waals surface area contributed by atoms with Crippen LogP contribution in [0.1, 0.15) is 0 Å². The fraction of sp³-hybridized carbons (Fsp3) is 0. The van der Waals surface area contributed by atoms with Crippen molar-refractivity contribution in [2.45, 2.75) is 4.34 Å². The van der Waals surface area contributed by atoms with Gasteiger partial charge in [-0.3, -0.25) is 0 Å². The van der Waals surface area contributed by atoms with Crippen molar-refractivity contribution in [3.8, 4) is 21.7 Å². The SMILES string of the molecule is Sc1nnc(-c2ccc(-c3ccccc3)cc2)s1. The van der Waals surface area contributed by atoms with Crippen LogP contribution in [0.15, 0.2) is 58.9 Å². The maximum absolute atomic E-state index is 4.18. The van der Waals surface area contributed by atoms with Crippen molar-refractivity contribution in [3.63, 3.8) is 0 Å². The lowest BCUT2D eigenvalue weighted by atomic mass is 10.0. The van der Waals surface area contributed by atoms with Gasteiger partial charge in [0.15, 0.2) is 4.34 Å². The van der Waals surface area contributed by atoms with Crippen molar-refractivity contribution in [1.29, 1.82) is 0 Å². The fourth-order valence-corrected chi connectivity index (χ4v) is 2.66. The van der Waals surface area contributed by atoms with Gasteiger partial charge in [0.05, 0.1) is 0 Å². The standard InChI is InChI=1S/C14H10N2S2/c17-14-16-15-13(18-14)12-8-6-11(7-9-12)10-4-2-1-3-5-10/h1-9H,(H,16,17). The van der Waals surface area contributed by atoms with E-state index in [-0.39, 0.29) is 0 Å². The summed E-state index contributed by atoms with van der Waals surface area (Å²) >= 11 is 5.66. The second kappa shape index (κ2) is 4.92. The van der Waals surface area contributed by atoms with Crippen molar-refractivity contribution in [2.75, 3.05) is 0 Å². The minimum absolute atomic E-state index is 0.692. The molecule has 0 aliphatic heterocycles. The lowest BCUT2D eigenvalue weighted by Crippen LogP contribution is -1.79. The summed E-state index contributed by atoms with van der Waals surface area (Å²) in [6.07, 6.45) is 0. The highest BCUT2D eigenvalue weighted by molar-refractivity contribution is 7.82. The number of nitrogens with zero attached hydrogens (tertiary/aromatic N) is 2. The molecular weight excluding hydrogens is 260 g/mol. The van der Waals surface area contributed by atoms with Gasteiger partial charge in [-0.15, -0.1) is 22.8 Å². The normalized spacial score (nSPS) is 10.5. The van der Waals surface area contributed by atoms with Gasteiger partial charge in [0.1, 0.15) is 5.01 Å². The zero-order valence-electron chi connectivity index (χ0n) is 9.45. The molecule has 0 aliphatic rings. The largest absolute Gasteiger partial charge is 0.171 e. The summed E-state index contributed by atoms with van der Waals surface area (Å²) in [6.45, 7) is 0. The minimum atomic E-state index is 0.692. The summed E-state index contributed by atoms with van der Waals surface area (Å²) < 4.78 is 0.692. The van der Waals surface area contributed by atoms with Crippen molar-refractivity contribution in [1.82, 2.24) is 10.2 Å². The molecule has 0 N–H and O–H groups in total. The van der Waals surface area contributed by atoms with Crippen LogP contribution in [0, 0.1) is 0 Å². The van der Waals surface area contributed by atoms with E-state index in [9.17, 15) is 0 Å². The molecule has 0 bridgehead atoms. The van der Waals surface area contributed by atoms with Gasteiger partial charge in [-0.2, -0.15) is 0 Å². The average molecular weight is 270 g/mol. The van der Waals surface area contributed by atoms with Crippen molar-refractivity contribution >= 4 is 24.0 Å². The smallest absolute Gasteiger partial charge is 0.137 e. The fourth-order valence-electron chi connectivity index (χ4n) is 1.77. The van der Waals surface area contributed by atoms with Crippen molar-refractivity contribution in [2.24, 2.45) is 0 Å². The van der Waals surface area contributed by atoms with E-state index in [1.807, 2.05) is 18.2 Å². The highest BCUT2D eigenvalue weighted by atomic mass is 32.2. The average Bonchev–Trinajstić information content (AvgIpc) is 2.87. The third-order valence-electron chi connectivity index (χ3n) is 2.65. The molecule has 18 heavy (non-hydrogen) atoms. The first-order valence-corrected chi connectivity index (χ1v) is 6.77. The van der Waals surface area contributed by atoms with Crippen LogP contribution in [0.4, 0.5) is 0 Å². The molecule has 88 valence electrons. The van der Waals surface area contributed by atoms with Gasteiger partial charge in [0.25, 0.3) is 0 Å². The summed E-state index contributed by atoms with van der Waals surface area (Å²) in [7, 11) is 0. The highest BCUT2D eigenvalue weighted by Crippen LogP contribution is 2.27. The van der Waals surface area contributed by atoms with Gasteiger partial charge < -0.3 is 0 Å².